The maximum Gasteiger partial charge on any atom is 0.307 e. The monoisotopic (exact) mass is 267 g/mol. The van der Waals surface area contributed by atoms with Crippen LogP contribution in [0.5, 0.6) is 0 Å². The summed E-state index contributed by atoms with van der Waals surface area (Å²) >= 11 is 5.90. The summed E-state index contributed by atoms with van der Waals surface area (Å²) in [6.45, 7) is 1.88. The van der Waals surface area contributed by atoms with Gasteiger partial charge in [0.25, 0.3) is 0 Å². The summed E-state index contributed by atoms with van der Waals surface area (Å²) < 4.78 is 0. The van der Waals surface area contributed by atoms with Crippen LogP contribution in [-0.4, -0.2) is 23.5 Å². The highest BCUT2D eigenvalue weighted by Gasteiger charge is 2.05. The van der Waals surface area contributed by atoms with Gasteiger partial charge in [0.05, 0.1) is 6.42 Å². The second-order valence-electron chi connectivity index (χ2n) is 3.76. The molecule has 0 aliphatic carbocycles. The first-order valence-corrected chi connectivity index (χ1v) is 5.78. The van der Waals surface area contributed by atoms with Gasteiger partial charge in [0.15, 0.2) is 0 Å². The van der Waals surface area contributed by atoms with Crippen LogP contribution in [0.25, 0.3) is 6.08 Å². The molecule has 0 radical (unpaired) electrons. The van der Waals surface area contributed by atoms with Crippen LogP contribution in [0.2, 0.25) is 5.02 Å². The van der Waals surface area contributed by atoms with Crippen molar-refractivity contribution in [3.05, 3.63) is 40.4 Å². The summed E-state index contributed by atoms with van der Waals surface area (Å²) in [5.41, 5.74) is 1.42. The maximum absolute atomic E-state index is 10.6. The molecule has 1 rings (SSSR count). The molecule has 0 aliphatic rings. The molecule has 4 nitrogen and oxygen atoms in total. The lowest BCUT2D eigenvalue weighted by Crippen LogP contribution is -2.19. The molecular weight excluding hydrogens is 254 g/mol. The van der Waals surface area contributed by atoms with Crippen molar-refractivity contribution in [3.63, 3.8) is 0 Å². The van der Waals surface area contributed by atoms with E-state index in [9.17, 15) is 9.59 Å². The van der Waals surface area contributed by atoms with Gasteiger partial charge in [0.1, 0.15) is 0 Å². The van der Waals surface area contributed by atoms with Gasteiger partial charge in [0, 0.05) is 18.5 Å². The lowest BCUT2D eigenvalue weighted by atomic mass is 10.1. The third-order valence-electron chi connectivity index (χ3n) is 2.19. The fraction of sp³-hybridized carbons (Fsp3) is 0.231. The number of carbonyl (C=O) groups excluding carboxylic acids is 1. The van der Waals surface area contributed by atoms with Crippen LogP contribution in [0.15, 0.2) is 24.3 Å². The van der Waals surface area contributed by atoms with Gasteiger partial charge in [-0.2, -0.15) is 0 Å². The third-order valence-corrected chi connectivity index (χ3v) is 2.56. The minimum atomic E-state index is -0.920. The predicted molar refractivity (Wildman–Crippen MR) is 70.5 cm³/mol. The number of carbonyl (C=O) groups is 2. The van der Waals surface area contributed by atoms with Gasteiger partial charge in [0.2, 0.25) is 5.91 Å². The molecule has 96 valence electrons. The number of rotatable bonds is 5. The summed E-state index contributed by atoms with van der Waals surface area (Å²) in [5.74, 6) is -1.02. The third kappa shape index (κ3) is 5.01. The van der Waals surface area contributed by atoms with E-state index in [1.54, 1.807) is 30.4 Å². The normalized spacial score (nSPS) is 10.6. The van der Waals surface area contributed by atoms with E-state index in [0.29, 0.717) is 17.1 Å². The molecule has 0 aliphatic heterocycles. The van der Waals surface area contributed by atoms with Crippen molar-refractivity contribution in [1.82, 2.24) is 5.32 Å². The number of hydrogen-bond acceptors (Lipinski definition) is 2. The van der Waals surface area contributed by atoms with Crippen molar-refractivity contribution in [3.8, 4) is 0 Å². The molecule has 0 aromatic heterocycles. The van der Waals surface area contributed by atoms with E-state index in [1.165, 1.54) is 6.92 Å². The molecule has 1 aromatic carbocycles. The van der Waals surface area contributed by atoms with E-state index in [-0.39, 0.29) is 12.3 Å². The van der Waals surface area contributed by atoms with Gasteiger partial charge in [-0.15, -0.1) is 0 Å². The Hall–Kier alpha value is -1.81. The predicted octanol–water partition coefficient (Wildman–Crippen LogP) is 2.12. The van der Waals surface area contributed by atoms with Gasteiger partial charge in [-0.05, 0) is 23.3 Å². The van der Waals surface area contributed by atoms with Crippen LogP contribution in [0.4, 0.5) is 0 Å². The summed E-state index contributed by atoms with van der Waals surface area (Å²) in [4.78, 5) is 21.3. The van der Waals surface area contributed by atoms with Crippen molar-refractivity contribution in [2.24, 2.45) is 0 Å². The number of carboxylic acids is 1. The number of carboxylic acid groups (broad SMARTS) is 1. The second kappa shape index (κ2) is 6.81. The largest absolute Gasteiger partial charge is 0.481 e. The van der Waals surface area contributed by atoms with E-state index >= 15 is 0 Å². The average molecular weight is 268 g/mol. The van der Waals surface area contributed by atoms with Crippen molar-refractivity contribution in [1.29, 1.82) is 0 Å². The van der Waals surface area contributed by atoms with Crippen molar-refractivity contribution in [2.75, 3.05) is 6.54 Å². The van der Waals surface area contributed by atoms with Crippen LogP contribution in [-0.2, 0) is 16.0 Å². The summed E-state index contributed by atoms with van der Waals surface area (Å²) in [5, 5.41) is 11.8. The molecule has 0 saturated carbocycles. The molecule has 18 heavy (non-hydrogen) atoms. The van der Waals surface area contributed by atoms with E-state index in [0.717, 1.165) is 5.56 Å². The van der Waals surface area contributed by atoms with E-state index in [1.807, 2.05) is 0 Å². The number of halogens is 1. The lowest BCUT2D eigenvalue weighted by molar-refractivity contribution is -0.136. The molecule has 0 atom stereocenters. The van der Waals surface area contributed by atoms with E-state index in [2.05, 4.69) is 5.32 Å². The molecule has 0 heterocycles. The number of aliphatic carboxylic acids is 1. The zero-order valence-corrected chi connectivity index (χ0v) is 10.7. The van der Waals surface area contributed by atoms with Crippen molar-refractivity contribution >= 4 is 29.6 Å². The molecule has 0 unspecified atom stereocenters. The van der Waals surface area contributed by atoms with Gasteiger partial charge in [-0.1, -0.05) is 29.8 Å². The molecule has 1 amide bonds. The first-order valence-electron chi connectivity index (χ1n) is 5.40. The fourth-order valence-electron chi connectivity index (χ4n) is 1.39. The number of benzene rings is 1. The van der Waals surface area contributed by atoms with Gasteiger partial charge >= 0.3 is 5.97 Å². The Kier molecular flexibility index (Phi) is 5.39. The van der Waals surface area contributed by atoms with Gasteiger partial charge in [-0.3, -0.25) is 9.59 Å². The first-order chi connectivity index (χ1) is 8.49. The second-order valence-corrected chi connectivity index (χ2v) is 4.17. The Balaban J connectivity index is 2.72. The minimum Gasteiger partial charge on any atom is -0.481 e. The minimum absolute atomic E-state index is 0.0951. The molecular formula is C13H14ClNO3. The maximum atomic E-state index is 10.6. The Bertz CT molecular complexity index is 483. The fourth-order valence-corrected chi connectivity index (χ4v) is 1.58. The Labute approximate surface area is 110 Å². The quantitative estimate of drug-likeness (QED) is 0.859. The average Bonchev–Trinajstić information content (AvgIpc) is 2.27. The van der Waals surface area contributed by atoms with Crippen molar-refractivity contribution < 1.29 is 14.7 Å². The zero-order chi connectivity index (χ0) is 13.5. The number of amides is 1. The van der Waals surface area contributed by atoms with E-state index in [4.69, 9.17) is 16.7 Å². The summed E-state index contributed by atoms with van der Waals surface area (Å²) in [6.07, 6.45) is 3.49. The summed E-state index contributed by atoms with van der Waals surface area (Å²) in [6, 6.07) is 5.18. The summed E-state index contributed by atoms with van der Waals surface area (Å²) in [7, 11) is 0. The van der Waals surface area contributed by atoms with Crippen LogP contribution < -0.4 is 5.32 Å². The van der Waals surface area contributed by atoms with Crippen molar-refractivity contribution in [2.45, 2.75) is 13.3 Å². The lowest BCUT2D eigenvalue weighted by Gasteiger charge is -2.03. The van der Waals surface area contributed by atoms with Gasteiger partial charge in [-0.25, -0.2) is 0 Å². The Morgan fingerprint density at radius 1 is 1.44 bits per heavy atom. The molecule has 2 N–H and O–H groups in total. The highest BCUT2D eigenvalue weighted by atomic mass is 35.5. The highest BCUT2D eigenvalue weighted by molar-refractivity contribution is 6.31. The van der Waals surface area contributed by atoms with Crippen LogP contribution in [0, 0.1) is 0 Å². The molecule has 1 aromatic rings. The molecule has 0 spiro atoms. The van der Waals surface area contributed by atoms with E-state index < -0.39 is 5.97 Å². The molecule has 0 saturated heterocycles. The number of nitrogens with one attached hydrogen (secondary N) is 1. The van der Waals surface area contributed by atoms with Crippen LogP contribution in [0.3, 0.4) is 0 Å². The van der Waals surface area contributed by atoms with Crippen LogP contribution in [0.1, 0.15) is 18.1 Å². The van der Waals surface area contributed by atoms with Crippen LogP contribution >= 0.6 is 11.6 Å². The first kappa shape index (κ1) is 14.3. The smallest absolute Gasteiger partial charge is 0.307 e. The molecule has 0 bridgehead atoms. The topological polar surface area (TPSA) is 66.4 Å². The number of hydrogen-bond donors (Lipinski definition) is 2. The Morgan fingerprint density at radius 3 is 2.78 bits per heavy atom. The SMILES string of the molecule is CC(=O)NCC=Cc1ccc(Cl)c(CC(=O)O)c1. The molecule has 0 fully saturated rings. The molecule has 5 heteroatoms. The zero-order valence-electron chi connectivity index (χ0n) is 9.94. The van der Waals surface area contributed by atoms with Gasteiger partial charge < -0.3 is 10.4 Å². The Morgan fingerprint density at radius 2 is 2.17 bits per heavy atom. The highest BCUT2D eigenvalue weighted by Crippen LogP contribution is 2.19. The standard InChI is InChI=1S/C13H14ClNO3/c1-9(16)15-6-2-3-10-4-5-12(14)11(7-10)8-13(17)18/h2-5,7H,6,8H2,1H3,(H,15,16)(H,17,18).